The summed E-state index contributed by atoms with van der Waals surface area (Å²) < 4.78 is 0. The molecule has 1 rings (SSSR count). The third-order valence-corrected chi connectivity index (χ3v) is 3.01. The highest BCUT2D eigenvalue weighted by atomic mass is 35.5. The van der Waals surface area contributed by atoms with Crippen LogP contribution in [0.4, 0.5) is 0 Å². The quantitative estimate of drug-likeness (QED) is 0.632. The summed E-state index contributed by atoms with van der Waals surface area (Å²) in [6, 6.07) is 0.439. The monoisotopic (exact) mass is 203 g/mol. The molecule has 1 amide bonds. The second-order valence-corrected chi connectivity index (χ2v) is 3.90. The Hall–Kier alpha value is -0.240. The summed E-state index contributed by atoms with van der Waals surface area (Å²) in [5.74, 6) is 0.242. The van der Waals surface area contributed by atoms with Crippen molar-refractivity contribution in [3.8, 4) is 0 Å². The number of rotatable bonds is 2. The highest BCUT2D eigenvalue weighted by Gasteiger charge is 2.22. The smallest absolute Gasteiger partial charge is 0.237 e. The van der Waals surface area contributed by atoms with Gasteiger partial charge in [-0.3, -0.25) is 4.79 Å². The predicted molar refractivity (Wildman–Crippen MR) is 55.0 cm³/mol. The van der Waals surface area contributed by atoms with Crippen LogP contribution in [-0.4, -0.2) is 29.3 Å². The standard InChI is InChI=1S/C10H18ClNO/c1-2-9-6-4-3-5-7-12(9)10(13)8-11/h9H,2-8H2,1H3. The first kappa shape index (κ1) is 10.8. The first-order valence-electron chi connectivity index (χ1n) is 5.15. The Bertz CT molecular complexity index is 172. The van der Waals surface area contributed by atoms with E-state index in [-0.39, 0.29) is 11.8 Å². The lowest BCUT2D eigenvalue weighted by Gasteiger charge is -2.28. The van der Waals surface area contributed by atoms with Gasteiger partial charge in [0.15, 0.2) is 0 Å². The maximum Gasteiger partial charge on any atom is 0.237 e. The number of alkyl halides is 1. The molecule has 1 aliphatic heterocycles. The van der Waals surface area contributed by atoms with Crippen molar-refractivity contribution in [2.24, 2.45) is 0 Å². The fourth-order valence-corrected chi connectivity index (χ4v) is 2.16. The Balaban J connectivity index is 2.58. The molecule has 0 aromatic rings. The molecule has 3 heteroatoms. The van der Waals surface area contributed by atoms with E-state index in [1.54, 1.807) is 0 Å². The van der Waals surface area contributed by atoms with Gasteiger partial charge in [-0.15, -0.1) is 11.6 Å². The lowest BCUT2D eigenvalue weighted by molar-refractivity contribution is -0.130. The lowest BCUT2D eigenvalue weighted by atomic mass is 10.1. The Morgan fingerprint density at radius 1 is 1.46 bits per heavy atom. The number of nitrogens with zero attached hydrogens (tertiary/aromatic N) is 1. The second-order valence-electron chi connectivity index (χ2n) is 3.63. The molecule has 2 nitrogen and oxygen atoms in total. The summed E-state index contributed by atoms with van der Waals surface area (Å²) in [6.07, 6.45) is 5.86. The minimum absolute atomic E-state index is 0.107. The van der Waals surface area contributed by atoms with E-state index in [1.807, 2.05) is 4.90 Å². The number of carbonyl (C=O) groups excluding carboxylic acids is 1. The molecule has 1 heterocycles. The molecule has 76 valence electrons. The van der Waals surface area contributed by atoms with Gasteiger partial charge in [0, 0.05) is 12.6 Å². The van der Waals surface area contributed by atoms with Crippen molar-refractivity contribution in [2.45, 2.75) is 45.1 Å². The molecule has 0 aromatic carbocycles. The van der Waals surface area contributed by atoms with Crippen molar-refractivity contribution in [1.29, 1.82) is 0 Å². The first-order valence-corrected chi connectivity index (χ1v) is 5.68. The van der Waals surface area contributed by atoms with E-state index >= 15 is 0 Å². The van der Waals surface area contributed by atoms with Crippen LogP contribution < -0.4 is 0 Å². The van der Waals surface area contributed by atoms with Crippen molar-refractivity contribution in [1.82, 2.24) is 4.90 Å². The minimum Gasteiger partial charge on any atom is -0.339 e. The van der Waals surface area contributed by atoms with Gasteiger partial charge in [0.2, 0.25) is 5.91 Å². The van der Waals surface area contributed by atoms with Gasteiger partial charge in [-0.1, -0.05) is 19.8 Å². The van der Waals surface area contributed by atoms with Crippen molar-refractivity contribution in [2.75, 3.05) is 12.4 Å². The third-order valence-electron chi connectivity index (χ3n) is 2.78. The number of halogens is 1. The summed E-state index contributed by atoms with van der Waals surface area (Å²) in [7, 11) is 0. The fraction of sp³-hybridized carbons (Fsp3) is 0.900. The molecule has 1 atom stereocenters. The topological polar surface area (TPSA) is 20.3 Å². The molecule has 0 radical (unpaired) electrons. The molecule has 0 aromatic heterocycles. The van der Waals surface area contributed by atoms with Gasteiger partial charge in [-0.05, 0) is 19.3 Å². The molecule has 1 aliphatic rings. The molecule has 1 unspecified atom stereocenters. The summed E-state index contributed by atoms with van der Waals surface area (Å²) in [4.78, 5) is 13.5. The molecule has 1 fully saturated rings. The molecule has 0 saturated carbocycles. The summed E-state index contributed by atoms with van der Waals surface area (Å²) in [6.45, 7) is 3.05. The predicted octanol–water partition coefficient (Wildman–Crippen LogP) is 2.41. The lowest BCUT2D eigenvalue weighted by Crippen LogP contribution is -2.40. The van der Waals surface area contributed by atoms with Crippen LogP contribution in [0.3, 0.4) is 0 Å². The van der Waals surface area contributed by atoms with Crippen LogP contribution in [0.1, 0.15) is 39.0 Å². The van der Waals surface area contributed by atoms with E-state index in [1.165, 1.54) is 12.8 Å². The summed E-state index contributed by atoms with van der Waals surface area (Å²) in [5.41, 5.74) is 0. The highest BCUT2D eigenvalue weighted by Crippen LogP contribution is 2.19. The van der Waals surface area contributed by atoms with Crippen LogP contribution in [0.15, 0.2) is 0 Å². The van der Waals surface area contributed by atoms with Gasteiger partial charge in [-0.25, -0.2) is 0 Å². The molecular weight excluding hydrogens is 186 g/mol. The highest BCUT2D eigenvalue weighted by molar-refractivity contribution is 6.27. The van der Waals surface area contributed by atoms with Crippen LogP contribution in [0.25, 0.3) is 0 Å². The Morgan fingerprint density at radius 3 is 2.85 bits per heavy atom. The van der Waals surface area contributed by atoms with E-state index in [4.69, 9.17) is 11.6 Å². The van der Waals surface area contributed by atoms with E-state index in [0.29, 0.717) is 6.04 Å². The van der Waals surface area contributed by atoms with Gasteiger partial charge in [0.1, 0.15) is 5.88 Å². The Labute approximate surface area is 85.2 Å². The number of carbonyl (C=O) groups is 1. The maximum absolute atomic E-state index is 11.5. The van der Waals surface area contributed by atoms with Gasteiger partial charge < -0.3 is 4.90 Å². The summed E-state index contributed by atoms with van der Waals surface area (Å²) >= 11 is 5.57. The van der Waals surface area contributed by atoms with Crippen molar-refractivity contribution in [3.05, 3.63) is 0 Å². The molecule has 1 saturated heterocycles. The fourth-order valence-electron chi connectivity index (χ4n) is 2.01. The van der Waals surface area contributed by atoms with E-state index in [9.17, 15) is 4.79 Å². The van der Waals surface area contributed by atoms with Crippen molar-refractivity contribution >= 4 is 17.5 Å². The molecule has 0 N–H and O–H groups in total. The van der Waals surface area contributed by atoms with Gasteiger partial charge in [0.05, 0.1) is 0 Å². The van der Waals surface area contributed by atoms with Gasteiger partial charge >= 0.3 is 0 Å². The third kappa shape index (κ3) is 2.87. The molecule has 0 bridgehead atoms. The second kappa shape index (κ2) is 5.48. The average Bonchev–Trinajstić information content (AvgIpc) is 2.41. The van der Waals surface area contributed by atoms with Crippen LogP contribution >= 0.6 is 11.6 Å². The van der Waals surface area contributed by atoms with E-state index < -0.39 is 0 Å². The van der Waals surface area contributed by atoms with E-state index in [2.05, 4.69) is 6.92 Å². The number of hydrogen-bond acceptors (Lipinski definition) is 1. The van der Waals surface area contributed by atoms with Crippen molar-refractivity contribution in [3.63, 3.8) is 0 Å². The molecule has 0 spiro atoms. The largest absolute Gasteiger partial charge is 0.339 e. The zero-order valence-corrected chi connectivity index (χ0v) is 9.02. The Kier molecular flexibility index (Phi) is 4.57. The normalized spacial score (nSPS) is 24.2. The average molecular weight is 204 g/mol. The zero-order valence-electron chi connectivity index (χ0n) is 8.26. The summed E-state index contributed by atoms with van der Waals surface area (Å²) in [5, 5.41) is 0. The van der Waals surface area contributed by atoms with Crippen LogP contribution in [0, 0.1) is 0 Å². The molecule has 13 heavy (non-hydrogen) atoms. The Morgan fingerprint density at radius 2 is 2.23 bits per heavy atom. The minimum atomic E-state index is 0.107. The number of hydrogen-bond donors (Lipinski definition) is 0. The number of amides is 1. The van der Waals surface area contributed by atoms with Crippen LogP contribution in [-0.2, 0) is 4.79 Å². The van der Waals surface area contributed by atoms with Crippen LogP contribution in [0.2, 0.25) is 0 Å². The van der Waals surface area contributed by atoms with Gasteiger partial charge in [0.25, 0.3) is 0 Å². The van der Waals surface area contributed by atoms with Gasteiger partial charge in [-0.2, -0.15) is 0 Å². The SMILES string of the molecule is CCC1CCCCCN1C(=O)CCl. The molecule has 0 aliphatic carbocycles. The molecular formula is C10H18ClNO. The maximum atomic E-state index is 11.5. The van der Waals surface area contributed by atoms with E-state index in [0.717, 1.165) is 25.8 Å². The van der Waals surface area contributed by atoms with Crippen molar-refractivity contribution < 1.29 is 4.79 Å². The van der Waals surface area contributed by atoms with Crippen LogP contribution in [0.5, 0.6) is 0 Å². The first-order chi connectivity index (χ1) is 6.29. The number of likely N-dealkylation sites (tertiary alicyclic amines) is 1. The zero-order chi connectivity index (χ0) is 9.68.